The van der Waals surface area contributed by atoms with E-state index in [1.807, 2.05) is 31.2 Å². The highest BCUT2D eigenvalue weighted by molar-refractivity contribution is 6.30. The molecule has 1 aromatic carbocycles. The van der Waals surface area contributed by atoms with Gasteiger partial charge in [0.05, 0.1) is 6.10 Å². The number of halogens is 1. The van der Waals surface area contributed by atoms with Gasteiger partial charge in [-0.3, -0.25) is 4.99 Å². The number of aliphatic hydroxyl groups is 1. The zero-order valence-electron chi connectivity index (χ0n) is 15.6. The minimum absolute atomic E-state index is 0.105. The Hall–Kier alpha value is -1.30. The van der Waals surface area contributed by atoms with Gasteiger partial charge < -0.3 is 20.5 Å². The van der Waals surface area contributed by atoms with E-state index in [0.717, 1.165) is 37.3 Å². The monoisotopic (exact) mass is 369 g/mol. The van der Waals surface area contributed by atoms with E-state index in [0.29, 0.717) is 24.0 Å². The van der Waals surface area contributed by atoms with Gasteiger partial charge in [-0.1, -0.05) is 37.1 Å². The molecule has 25 heavy (non-hydrogen) atoms. The molecule has 0 aromatic heterocycles. The van der Waals surface area contributed by atoms with Gasteiger partial charge in [-0.25, -0.2) is 0 Å². The van der Waals surface area contributed by atoms with Crippen LogP contribution in [0.15, 0.2) is 29.3 Å². The highest BCUT2D eigenvalue weighted by atomic mass is 35.5. The maximum absolute atomic E-state index is 9.18. The number of hydrogen-bond donors (Lipinski definition) is 3. The summed E-state index contributed by atoms with van der Waals surface area (Å²) in [6, 6.07) is 7.70. The summed E-state index contributed by atoms with van der Waals surface area (Å²) in [5.74, 6) is 1.18. The molecule has 0 spiro atoms. The fourth-order valence-electron chi connectivity index (χ4n) is 2.71. The molecule has 142 valence electrons. The molecule has 0 aliphatic rings. The molecule has 0 amide bonds. The Morgan fingerprint density at radius 1 is 1.28 bits per heavy atom. The third-order valence-corrected chi connectivity index (χ3v) is 4.28. The second-order valence-corrected chi connectivity index (χ2v) is 6.48. The number of ether oxygens (including phenoxy) is 1. The lowest BCUT2D eigenvalue weighted by Gasteiger charge is -2.20. The normalized spacial score (nSPS) is 14.2. The maximum atomic E-state index is 9.18. The van der Waals surface area contributed by atoms with Crippen molar-refractivity contribution in [2.24, 2.45) is 10.9 Å². The van der Waals surface area contributed by atoms with Gasteiger partial charge >= 0.3 is 0 Å². The molecular formula is C19H32ClN3O2. The molecule has 5 nitrogen and oxygen atoms in total. The molecule has 0 heterocycles. The van der Waals surface area contributed by atoms with Crippen LogP contribution < -0.4 is 10.6 Å². The summed E-state index contributed by atoms with van der Waals surface area (Å²) < 4.78 is 5.59. The average Bonchev–Trinajstić information content (AvgIpc) is 2.60. The van der Waals surface area contributed by atoms with Crippen molar-refractivity contribution in [1.82, 2.24) is 10.6 Å². The smallest absolute Gasteiger partial charge is 0.191 e. The molecule has 2 unspecified atom stereocenters. The van der Waals surface area contributed by atoms with E-state index >= 15 is 0 Å². The van der Waals surface area contributed by atoms with Crippen molar-refractivity contribution in [3.05, 3.63) is 34.9 Å². The highest BCUT2D eigenvalue weighted by Gasteiger charge is 2.12. The molecule has 3 N–H and O–H groups in total. The van der Waals surface area contributed by atoms with E-state index in [2.05, 4.69) is 22.5 Å². The van der Waals surface area contributed by atoms with Gasteiger partial charge in [0.25, 0.3) is 0 Å². The summed E-state index contributed by atoms with van der Waals surface area (Å²) in [6.07, 6.45) is 2.86. The Kier molecular flexibility index (Phi) is 11.3. The van der Waals surface area contributed by atoms with E-state index in [1.165, 1.54) is 0 Å². The van der Waals surface area contributed by atoms with Crippen molar-refractivity contribution in [1.29, 1.82) is 0 Å². The van der Waals surface area contributed by atoms with Crippen LogP contribution in [-0.4, -0.2) is 44.4 Å². The van der Waals surface area contributed by atoms with Gasteiger partial charge in [0.15, 0.2) is 5.96 Å². The minimum atomic E-state index is -0.105. The van der Waals surface area contributed by atoms with Crippen LogP contribution in [0.5, 0.6) is 0 Å². The summed E-state index contributed by atoms with van der Waals surface area (Å²) in [7, 11) is 1.69. The lowest BCUT2D eigenvalue weighted by Crippen LogP contribution is -2.40. The van der Waals surface area contributed by atoms with E-state index < -0.39 is 0 Å². The first kappa shape index (κ1) is 21.7. The quantitative estimate of drug-likeness (QED) is 0.413. The predicted molar refractivity (Wildman–Crippen MR) is 105 cm³/mol. The van der Waals surface area contributed by atoms with Gasteiger partial charge in [0.1, 0.15) is 0 Å². The van der Waals surface area contributed by atoms with Gasteiger partial charge in [0.2, 0.25) is 0 Å². The standard InChI is InChI=1S/C19H32ClN3O2/c1-4-7-15(10-11-24)13-22-19(21-5-2)23-14-18(25-3)16-8-6-9-17(20)12-16/h6,8-9,12,15,18,24H,4-5,7,10-11,13-14H2,1-3H3,(H2,21,22,23). The fourth-order valence-corrected chi connectivity index (χ4v) is 2.91. The Morgan fingerprint density at radius 3 is 2.68 bits per heavy atom. The number of guanidine groups is 1. The van der Waals surface area contributed by atoms with E-state index in [9.17, 15) is 5.11 Å². The third-order valence-electron chi connectivity index (χ3n) is 4.05. The van der Waals surface area contributed by atoms with E-state index in [4.69, 9.17) is 16.3 Å². The molecule has 0 aliphatic carbocycles. The fraction of sp³-hybridized carbons (Fsp3) is 0.632. The van der Waals surface area contributed by atoms with E-state index in [-0.39, 0.29) is 12.7 Å². The molecule has 1 aromatic rings. The predicted octanol–water partition coefficient (Wildman–Crippen LogP) is 3.38. The molecule has 2 atom stereocenters. The van der Waals surface area contributed by atoms with Crippen molar-refractivity contribution >= 4 is 17.6 Å². The Bertz CT molecular complexity index is 505. The number of methoxy groups -OCH3 is 1. The number of aliphatic hydroxyl groups excluding tert-OH is 1. The Balaban J connectivity index is 2.67. The lowest BCUT2D eigenvalue weighted by molar-refractivity contribution is 0.106. The van der Waals surface area contributed by atoms with Gasteiger partial charge in [-0.05, 0) is 43.4 Å². The summed E-state index contributed by atoms with van der Waals surface area (Å²) >= 11 is 6.07. The zero-order chi connectivity index (χ0) is 18.5. The molecule has 0 bridgehead atoms. The van der Waals surface area contributed by atoms with Gasteiger partial charge in [0, 0.05) is 38.4 Å². The van der Waals surface area contributed by atoms with Crippen molar-refractivity contribution in [2.45, 2.75) is 39.2 Å². The number of hydrogen-bond acceptors (Lipinski definition) is 3. The SMILES string of the molecule is CCCC(CCO)CN=C(NCC)NCC(OC)c1cccc(Cl)c1. The molecule has 6 heteroatoms. The second-order valence-electron chi connectivity index (χ2n) is 6.05. The average molecular weight is 370 g/mol. The third kappa shape index (κ3) is 8.56. The molecule has 0 aliphatic heterocycles. The van der Waals surface area contributed by atoms with Crippen molar-refractivity contribution < 1.29 is 9.84 Å². The van der Waals surface area contributed by atoms with Gasteiger partial charge in [-0.2, -0.15) is 0 Å². The highest BCUT2D eigenvalue weighted by Crippen LogP contribution is 2.19. The molecule has 0 fully saturated rings. The van der Waals surface area contributed by atoms with Crippen LogP contribution in [0.1, 0.15) is 44.8 Å². The van der Waals surface area contributed by atoms with Gasteiger partial charge in [-0.15, -0.1) is 0 Å². The summed E-state index contributed by atoms with van der Waals surface area (Å²) in [5.41, 5.74) is 1.03. The molecule has 0 saturated heterocycles. The van der Waals surface area contributed by atoms with Crippen LogP contribution >= 0.6 is 11.6 Å². The van der Waals surface area contributed by atoms with Crippen molar-refractivity contribution in [3.8, 4) is 0 Å². The molecular weight excluding hydrogens is 338 g/mol. The first-order valence-corrected chi connectivity index (χ1v) is 9.43. The van der Waals surface area contributed by atoms with Crippen LogP contribution in [0.2, 0.25) is 5.02 Å². The largest absolute Gasteiger partial charge is 0.396 e. The number of nitrogens with zero attached hydrogens (tertiary/aromatic N) is 1. The van der Waals surface area contributed by atoms with Crippen LogP contribution in [0, 0.1) is 5.92 Å². The Morgan fingerprint density at radius 2 is 2.08 bits per heavy atom. The number of nitrogens with one attached hydrogen (secondary N) is 2. The first-order valence-electron chi connectivity index (χ1n) is 9.05. The van der Waals surface area contributed by atoms with E-state index in [1.54, 1.807) is 7.11 Å². The van der Waals surface area contributed by atoms with Crippen LogP contribution in [-0.2, 0) is 4.74 Å². The maximum Gasteiger partial charge on any atom is 0.191 e. The Labute approximate surface area is 156 Å². The number of aliphatic imine (C=N–C) groups is 1. The van der Waals surface area contributed by atoms with Crippen molar-refractivity contribution in [3.63, 3.8) is 0 Å². The van der Waals surface area contributed by atoms with Crippen LogP contribution in [0.3, 0.4) is 0 Å². The second kappa shape index (κ2) is 13.0. The molecule has 0 radical (unpaired) electrons. The molecule has 1 rings (SSSR count). The minimum Gasteiger partial charge on any atom is -0.396 e. The first-order chi connectivity index (χ1) is 12.1. The topological polar surface area (TPSA) is 65.9 Å². The summed E-state index contributed by atoms with van der Waals surface area (Å²) in [6.45, 7) is 6.51. The lowest BCUT2D eigenvalue weighted by atomic mass is 10.0. The molecule has 0 saturated carbocycles. The number of benzene rings is 1. The summed E-state index contributed by atoms with van der Waals surface area (Å²) in [5, 5.41) is 16.5. The van der Waals surface area contributed by atoms with Crippen LogP contribution in [0.25, 0.3) is 0 Å². The van der Waals surface area contributed by atoms with Crippen molar-refractivity contribution in [2.75, 3.05) is 33.4 Å². The summed E-state index contributed by atoms with van der Waals surface area (Å²) in [4.78, 5) is 4.67. The zero-order valence-corrected chi connectivity index (χ0v) is 16.4. The number of rotatable bonds is 11. The van der Waals surface area contributed by atoms with Crippen LogP contribution in [0.4, 0.5) is 0 Å².